The molecule has 2 aromatic rings. The maximum absolute atomic E-state index is 13.9. The minimum atomic E-state index is -1.28. The molecule has 1 unspecified atom stereocenters. The van der Waals surface area contributed by atoms with E-state index in [1.807, 2.05) is 13.0 Å². The van der Waals surface area contributed by atoms with Crippen LogP contribution in [0.3, 0.4) is 0 Å². The summed E-state index contributed by atoms with van der Waals surface area (Å²) in [5.41, 5.74) is 1.21. The number of hydrogen-bond donors (Lipinski definition) is 0. The first kappa shape index (κ1) is 15.7. The van der Waals surface area contributed by atoms with E-state index in [2.05, 4.69) is 15.9 Å². The van der Waals surface area contributed by atoms with E-state index in [4.69, 9.17) is 11.6 Å². The van der Waals surface area contributed by atoms with Crippen molar-refractivity contribution in [1.82, 2.24) is 0 Å². The van der Waals surface area contributed by atoms with Gasteiger partial charge in [0.2, 0.25) is 0 Å². The van der Waals surface area contributed by atoms with Crippen molar-refractivity contribution in [3.05, 3.63) is 68.4 Å². The van der Waals surface area contributed by atoms with Gasteiger partial charge in [0, 0.05) is 20.6 Å². The molecule has 0 aliphatic rings. The Labute approximate surface area is 135 Å². The average molecular weight is 367 g/mol. The molecule has 21 heavy (non-hydrogen) atoms. The Bertz CT molecular complexity index is 734. The minimum absolute atomic E-state index is 0.0677. The summed E-state index contributed by atoms with van der Waals surface area (Å²) in [6, 6.07) is 11.1. The zero-order valence-electron chi connectivity index (χ0n) is 11.0. The standard InChI is InChI=1S/C16H10BrClFNO/c1-9-5-6-10(12(17)7-9)16(21)11(8-20)15-13(18)3-2-4-14(15)19/h2-7,11H,1H3. The highest BCUT2D eigenvalue weighted by Gasteiger charge is 2.28. The first-order valence-electron chi connectivity index (χ1n) is 6.09. The minimum Gasteiger partial charge on any atom is -0.292 e. The number of ketones is 1. The van der Waals surface area contributed by atoms with Crippen LogP contribution in [0.5, 0.6) is 0 Å². The molecular formula is C16H10BrClFNO. The van der Waals surface area contributed by atoms with Gasteiger partial charge in [-0.1, -0.05) is 39.7 Å². The summed E-state index contributed by atoms with van der Waals surface area (Å²) in [5, 5.41) is 9.36. The topological polar surface area (TPSA) is 40.9 Å². The lowest BCUT2D eigenvalue weighted by Gasteiger charge is -2.13. The van der Waals surface area contributed by atoms with E-state index >= 15 is 0 Å². The van der Waals surface area contributed by atoms with Crippen LogP contribution in [0.4, 0.5) is 4.39 Å². The number of rotatable bonds is 3. The van der Waals surface area contributed by atoms with E-state index in [0.29, 0.717) is 10.0 Å². The molecule has 2 nitrogen and oxygen atoms in total. The molecule has 0 aliphatic heterocycles. The van der Waals surface area contributed by atoms with Crippen molar-refractivity contribution in [2.24, 2.45) is 0 Å². The number of nitriles is 1. The van der Waals surface area contributed by atoms with Gasteiger partial charge < -0.3 is 0 Å². The Morgan fingerprint density at radius 1 is 1.38 bits per heavy atom. The second-order valence-corrected chi connectivity index (χ2v) is 5.81. The molecule has 0 amide bonds. The maximum atomic E-state index is 13.9. The molecule has 0 bridgehead atoms. The third-order valence-corrected chi connectivity index (χ3v) is 4.06. The van der Waals surface area contributed by atoms with Gasteiger partial charge in [-0.2, -0.15) is 5.26 Å². The molecule has 0 heterocycles. The van der Waals surface area contributed by atoms with Crippen molar-refractivity contribution >= 4 is 33.3 Å². The zero-order chi connectivity index (χ0) is 15.6. The quantitative estimate of drug-likeness (QED) is 0.714. The molecule has 2 rings (SSSR count). The summed E-state index contributed by atoms with van der Waals surface area (Å²) in [7, 11) is 0. The van der Waals surface area contributed by atoms with E-state index in [1.54, 1.807) is 18.2 Å². The molecule has 0 saturated carbocycles. The third kappa shape index (κ3) is 3.15. The highest BCUT2D eigenvalue weighted by molar-refractivity contribution is 9.10. The Kier molecular flexibility index (Phi) is 4.76. The number of aryl methyl sites for hydroxylation is 1. The lowest BCUT2D eigenvalue weighted by atomic mass is 9.91. The maximum Gasteiger partial charge on any atom is 0.185 e. The van der Waals surface area contributed by atoms with Gasteiger partial charge in [0.05, 0.1) is 6.07 Å². The Hall–Kier alpha value is -1.70. The molecule has 0 radical (unpaired) electrons. The molecule has 0 fully saturated rings. The van der Waals surface area contributed by atoms with Crippen LogP contribution in [0.25, 0.3) is 0 Å². The predicted molar refractivity (Wildman–Crippen MR) is 83.0 cm³/mol. The summed E-state index contributed by atoms with van der Waals surface area (Å²) in [6.07, 6.45) is 0. The van der Waals surface area contributed by atoms with Gasteiger partial charge in [-0.05, 0) is 36.8 Å². The molecule has 2 aromatic carbocycles. The molecule has 0 N–H and O–H groups in total. The van der Waals surface area contributed by atoms with E-state index in [0.717, 1.165) is 5.56 Å². The first-order valence-corrected chi connectivity index (χ1v) is 7.26. The summed E-state index contributed by atoms with van der Waals surface area (Å²) in [5.74, 6) is -2.43. The molecule has 1 atom stereocenters. The zero-order valence-corrected chi connectivity index (χ0v) is 13.4. The van der Waals surface area contributed by atoms with Crippen LogP contribution in [0.2, 0.25) is 5.02 Å². The highest BCUT2D eigenvalue weighted by Crippen LogP contribution is 2.31. The van der Waals surface area contributed by atoms with Crippen molar-refractivity contribution in [3.8, 4) is 6.07 Å². The predicted octanol–water partition coefficient (Wildman–Crippen LogP) is 5.04. The van der Waals surface area contributed by atoms with Crippen LogP contribution in [0, 0.1) is 24.1 Å². The molecule has 0 spiro atoms. The van der Waals surface area contributed by atoms with E-state index in [1.165, 1.54) is 18.2 Å². The highest BCUT2D eigenvalue weighted by atomic mass is 79.9. The van der Waals surface area contributed by atoms with Crippen molar-refractivity contribution in [2.75, 3.05) is 0 Å². The van der Waals surface area contributed by atoms with Gasteiger partial charge in [-0.15, -0.1) is 0 Å². The fourth-order valence-electron chi connectivity index (χ4n) is 2.02. The molecule has 0 aliphatic carbocycles. The Balaban J connectivity index is 2.52. The Morgan fingerprint density at radius 2 is 2.10 bits per heavy atom. The van der Waals surface area contributed by atoms with E-state index in [9.17, 15) is 14.4 Å². The van der Waals surface area contributed by atoms with Crippen molar-refractivity contribution in [2.45, 2.75) is 12.8 Å². The van der Waals surface area contributed by atoms with Crippen LogP contribution in [-0.2, 0) is 0 Å². The number of hydrogen-bond acceptors (Lipinski definition) is 2. The number of nitrogens with zero attached hydrogens (tertiary/aromatic N) is 1. The van der Waals surface area contributed by atoms with Crippen molar-refractivity contribution in [1.29, 1.82) is 5.26 Å². The van der Waals surface area contributed by atoms with Crippen LogP contribution in [0.1, 0.15) is 27.4 Å². The monoisotopic (exact) mass is 365 g/mol. The van der Waals surface area contributed by atoms with Crippen LogP contribution >= 0.6 is 27.5 Å². The largest absolute Gasteiger partial charge is 0.292 e. The fourth-order valence-corrected chi connectivity index (χ4v) is 2.98. The van der Waals surface area contributed by atoms with E-state index in [-0.39, 0.29) is 10.6 Å². The van der Waals surface area contributed by atoms with Gasteiger partial charge >= 0.3 is 0 Å². The first-order chi connectivity index (χ1) is 9.95. The smallest absolute Gasteiger partial charge is 0.185 e. The summed E-state index contributed by atoms with van der Waals surface area (Å²) in [4.78, 5) is 12.5. The third-order valence-electron chi connectivity index (χ3n) is 3.07. The normalized spacial score (nSPS) is 11.8. The lowest BCUT2D eigenvalue weighted by molar-refractivity contribution is 0.0976. The molecule has 106 valence electrons. The summed E-state index contributed by atoms with van der Waals surface area (Å²) >= 11 is 9.24. The van der Waals surface area contributed by atoms with Gasteiger partial charge in [-0.3, -0.25) is 4.79 Å². The SMILES string of the molecule is Cc1ccc(C(=O)C(C#N)c2c(F)cccc2Cl)c(Br)c1. The molecule has 5 heteroatoms. The van der Waals surface area contributed by atoms with Crippen LogP contribution < -0.4 is 0 Å². The van der Waals surface area contributed by atoms with Crippen LogP contribution in [-0.4, -0.2) is 5.78 Å². The fraction of sp³-hybridized carbons (Fsp3) is 0.125. The second-order valence-electron chi connectivity index (χ2n) is 4.54. The van der Waals surface area contributed by atoms with Crippen molar-refractivity contribution in [3.63, 3.8) is 0 Å². The average Bonchev–Trinajstić information content (AvgIpc) is 2.42. The van der Waals surface area contributed by atoms with E-state index < -0.39 is 17.5 Å². The van der Waals surface area contributed by atoms with Gasteiger partial charge in [-0.25, -0.2) is 4.39 Å². The number of Topliss-reactive ketones (excluding diaryl/α,β-unsaturated/α-hetero) is 1. The number of benzene rings is 2. The lowest BCUT2D eigenvalue weighted by Crippen LogP contribution is -2.14. The number of carbonyl (C=O) groups is 1. The van der Waals surface area contributed by atoms with Gasteiger partial charge in [0.25, 0.3) is 0 Å². The number of carbonyl (C=O) groups excluding carboxylic acids is 1. The molecule has 0 aromatic heterocycles. The summed E-state index contributed by atoms with van der Waals surface area (Å²) in [6.45, 7) is 1.88. The van der Waals surface area contributed by atoms with Gasteiger partial charge in [0.15, 0.2) is 5.78 Å². The second kappa shape index (κ2) is 6.38. The van der Waals surface area contributed by atoms with Crippen LogP contribution in [0.15, 0.2) is 40.9 Å². The molecular weight excluding hydrogens is 357 g/mol. The molecule has 0 saturated heterocycles. The number of halogens is 3. The summed E-state index contributed by atoms with van der Waals surface area (Å²) < 4.78 is 14.5. The van der Waals surface area contributed by atoms with Crippen molar-refractivity contribution < 1.29 is 9.18 Å². The van der Waals surface area contributed by atoms with Gasteiger partial charge in [0.1, 0.15) is 11.7 Å². The Morgan fingerprint density at radius 3 is 2.67 bits per heavy atom.